The normalized spacial score (nSPS) is 18.4. The Morgan fingerprint density at radius 3 is 3.10 bits per heavy atom. The number of nitrogens with zero attached hydrogens (tertiary/aromatic N) is 4. The third-order valence-corrected chi connectivity index (χ3v) is 6.76. The lowest BCUT2D eigenvalue weighted by Crippen LogP contribution is -2.41. The highest BCUT2D eigenvalue weighted by molar-refractivity contribution is 7.22. The van der Waals surface area contributed by atoms with Crippen molar-refractivity contribution in [3.63, 3.8) is 0 Å². The van der Waals surface area contributed by atoms with Gasteiger partial charge in [0.1, 0.15) is 5.75 Å². The molecule has 0 spiro atoms. The monoisotopic (exact) mass is 423 g/mol. The summed E-state index contributed by atoms with van der Waals surface area (Å²) in [5, 5.41) is 12.5. The predicted molar refractivity (Wildman–Crippen MR) is 118 cm³/mol. The number of rotatable bonds is 5. The molecule has 1 saturated heterocycles. The van der Waals surface area contributed by atoms with Crippen molar-refractivity contribution < 1.29 is 9.53 Å². The molecule has 0 saturated carbocycles. The maximum Gasteiger partial charge on any atom is 0.231 e. The Kier molecular flexibility index (Phi) is 5.25. The van der Waals surface area contributed by atoms with Crippen LogP contribution in [-0.2, 0) is 17.6 Å². The van der Waals surface area contributed by atoms with Gasteiger partial charge in [0.15, 0.2) is 10.9 Å². The van der Waals surface area contributed by atoms with Gasteiger partial charge in [-0.2, -0.15) is 5.10 Å². The molecule has 1 aliphatic carbocycles. The van der Waals surface area contributed by atoms with Gasteiger partial charge in [-0.25, -0.2) is 4.98 Å². The average molecular weight is 424 g/mol. The summed E-state index contributed by atoms with van der Waals surface area (Å²) in [7, 11) is 0. The SMILES string of the molecule is CCOc1ccc2nc(NC(=O)[C@@H]3CCCN(c4cc5c(nn4)CCC5)C3)sc2c1. The molecule has 0 bridgehead atoms. The van der Waals surface area contributed by atoms with E-state index in [1.165, 1.54) is 16.9 Å². The molecule has 1 amide bonds. The van der Waals surface area contributed by atoms with Gasteiger partial charge in [-0.05, 0) is 68.9 Å². The summed E-state index contributed by atoms with van der Waals surface area (Å²) in [4.78, 5) is 19.7. The van der Waals surface area contributed by atoms with E-state index >= 15 is 0 Å². The zero-order chi connectivity index (χ0) is 20.5. The summed E-state index contributed by atoms with van der Waals surface area (Å²) in [6, 6.07) is 7.98. The Labute approximate surface area is 179 Å². The summed E-state index contributed by atoms with van der Waals surface area (Å²) in [5.41, 5.74) is 3.32. The van der Waals surface area contributed by atoms with E-state index in [1.54, 1.807) is 0 Å². The molecular formula is C22H25N5O2S. The number of carbonyl (C=O) groups excluding carboxylic acids is 1. The largest absolute Gasteiger partial charge is 0.494 e. The topological polar surface area (TPSA) is 80.2 Å². The summed E-state index contributed by atoms with van der Waals surface area (Å²) in [6.07, 6.45) is 5.11. The van der Waals surface area contributed by atoms with Crippen LogP contribution in [0.2, 0.25) is 0 Å². The van der Waals surface area contributed by atoms with E-state index < -0.39 is 0 Å². The molecule has 3 heterocycles. The highest BCUT2D eigenvalue weighted by Crippen LogP contribution is 2.31. The number of aromatic nitrogens is 3. The van der Waals surface area contributed by atoms with E-state index in [9.17, 15) is 4.79 Å². The van der Waals surface area contributed by atoms with E-state index in [0.29, 0.717) is 18.3 Å². The molecule has 1 atom stereocenters. The predicted octanol–water partition coefficient (Wildman–Crippen LogP) is 3.83. The Bertz CT molecular complexity index is 1080. The zero-order valence-electron chi connectivity index (χ0n) is 17.1. The van der Waals surface area contributed by atoms with Crippen LogP contribution in [0.15, 0.2) is 24.3 Å². The number of nitrogens with one attached hydrogen (secondary N) is 1. The first kappa shape index (κ1) is 19.2. The molecule has 0 unspecified atom stereocenters. The zero-order valence-corrected chi connectivity index (χ0v) is 17.9. The number of fused-ring (bicyclic) bond motifs is 2. The molecule has 8 heteroatoms. The standard InChI is InChI=1S/C22H25N5O2S/c1-2-29-16-8-9-18-19(12-16)30-22(23-18)24-21(28)15-6-4-10-27(13-15)20-11-14-5-3-7-17(14)25-26-20/h8-9,11-12,15H,2-7,10,13H2,1H3,(H,23,24,28)/t15-/m1/s1. The molecule has 3 aromatic rings. The van der Waals surface area contributed by atoms with Crippen LogP contribution in [0.5, 0.6) is 5.75 Å². The highest BCUT2D eigenvalue weighted by Gasteiger charge is 2.28. The Balaban J connectivity index is 1.27. The number of anilines is 2. The average Bonchev–Trinajstić information content (AvgIpc) is 3.39. The van der Waals surface area contributed by atoms with Gasteiger partial charge < -0.3 is 15.0 Å². The lowest BCUT2D eigenvalue weighted by molar-refractivity contribution is -0.120. The maximum absolute atomic E-state index is 12.9. The maximum atomic E-state index is 12.9. The smallest absolute Gasteiger partial charge is 0.231 e. The van der Waals surface area contributed by atoms with Crippen molar-refractivity contribution in [2.75, 3.05) is 29.9 Å². The minimum absolute atomic E-state index is 0.0258. The first-order valence-corrected chi connectivity index (χ1v) is 11.5. The van der Waals surface area contributed by atoms with Crippen LogP contribution in [0.4, 0.5) is 10.9 Å². The second-order valence-electron chi connectivity index (χ2n) is 7.88. The third-order valence-electron chi connectivity index (χ3n) is 5.82. The van der Waals surface area contributed by atoms with Gasteiger partial charge in [-0.3, -0.25) is 4.79 Å². The van der Waals surface area contributed by atoms with Gasteiger partial charge in [-0.15, -0.1) is 5.10 Å². The minimum atomic E-state index is -0.0835. The van der Waals surface area contributed by atoms with E-state index in [2.05, 4.69) is 31.5 Å². The van der Waals surface area contributed by atoms with Crippen molar-refractivity contribution in [2.24, 2.45) is 5.92 Å². The van der Waals surface area contributed by atoms with E-state index in [-0.39, 0.29) is 11.8 Å². The van der Waals surface area contributed by atoms with Crippen LogP contribution >= 0.6 is 11.3 Å². The summed E-state index contributed by atoms with van der Waals surface area (Å²) < 4.78 is 6.57. The first-order valence-electron chi connectivity index (χ1n) is 10.6. The molecule has 1 aromatic carbocycles. The fourth-order valence-corrected chi connectivity index (χ4v) is 5.19. The number of aryl methyl sites for hydroxylation is 2. The number of hydrogen-bond donors (Lipinski definition) is 1. The van der Waals surface area contributed by atoms with E-state index in [4.69, 9.17) is 4.74 Å². The van der Waals surface area contributed by atoms with Crippen LogP contribution in [0.25, 0.3) is 10.2 Å². The quantitative estimate of drug-likeness (QED) is 0.672. The Morgan fingerprint density at radius 2 is 2.20 bits per heavy atom. The van der Waals surface area contributed by atoms with Crippen molar-refractivity contribution in [2.45, 2.75) is 39.0 Å². The van der Waals surface area contributed by atoms with Gasteiger partial charge in [-0.1, -0.05) is 11.3 Å². The van der Waals surface area contributed by atoms with Crippen molar-refractivity contribution in [1.29, 1.82) is 0 Å². The molecule has 5 rings (SSSR count). The second kappa shape index (κ2) is 8.18. The fraction of sp³-hybridized carbons (Fsp3) is 0.455. The van der Waals surface area contributed by atoms with Crippen molar-refractivity contribution in [1.82, 2.24) is 15.2 Å². The number of piperidine rings is 1. The minimum Gasteiger partial charge on any atom is -0.494 e. The molecule has 1 aliphatic heterocycles. The Hall–Kier alpha value is -2.74. The molecule has 7 nitrogen and oxygen atoms in total. The van der Waals surface area contributed by atoms with Gasteiger partial charge in [0, 0.05) is 13.1 Å². The van der Waals surface area contributed by atoms with Crippen LogP contribution < -0.4 is 15.0 Å². The molecule has 1 N–H and O–H groups in total. The van der Waals surface area contributed by atoms with Gasteiger partial charge in [0.2, 0.25) is 5.91 Å². The van der Waals surface area contributed by atoms with E-state index in [1.807, 2.05) is 25.1 Å². The van der Waals surface area contributed by atoms with Gasteiger partial charge in [0.05, 0.1) is 28.4 Å². The van der Waals surface area contributed by atoms with Gasteiger partial charge >= 0.3 is 0 Å². The first-order chi connectivity index (χ1) is 14.7. The second-order valence-corrected chi connectivity index (χ2v) is 8.91. The lowest BCUT2D eigenvalue weighted by atomic mass is 9.97. The number of amides is 1. The van der Waals surface area contributed by atoms with Crippen LogP contribution in [0, 0.1) is 5.92 Å². The Morgan fingerprint density at radius 1 is 1.27 bits per heavy atom. The van der Waals surface area contributed by atoms with Crippen molar-refractivity contribution >= 4 is 38.4 Å². The number of carbonyl (C=O) groups is 1. The molecule has 30 heavy (non-hydrogen) atoms. The summed E-state index contributed by atoms with van der Waals surface area (Å²) in [6.45, 7) is 4.17. The van der Waals surface area contributed by atoms with Crippen molar-refractivity contribution in [3.05, 3.63) is 35.5 Å². The molecule has 2 aliphatic rings. The fourth-order valence-electron chi connectivity index (χ4n) is 4.29. The number of thiazole rings is 1. The molecule has 156 valence electrons. The van der Waals surface area contributed by atoms with Crippen LogP contribution in [-0.4, -0.2) is 40.8 Å². The molecule has 0 radical (unpaired) electrons. The van der Waals surface area contributed by atoms with Crippen LogP contribution in [0.1, 0.15) is 37.4 Å². The van der Waals surface area contributed by atoms with Gasteiger partial charge in [0.25, 0.3) is 0 Å². The number of hydrogen-bond acceptors (Lipinski definition) is 7. The van der Waals surface area contributed by atoms with Crippen molar-refractivity contribution in [3.8, 4) is 5.75 Å². The molecular weight excluding hydrogens is 398 g/mol. The summed E-state index contributed by atoms with van der Waals surface area (Å²) in [5.74, 6) is 1.67. The molecule has 2 aromatic heterocycles. The summed E-state index contributed by atoms with van der Waals surface area (Å²) >= 11 is 1.48. The lowest BCUT2D eigenvalue weighted by Gasteiger charge is -2.32. The molecule has 1 fully saturated rings. The third kappa shape index (κ3) is 3.84. The van der Waals surface area contributed by atoms with Crippen LogP contribution in [0.3, 0.4) is 0 Å². The van der Waals surface area contributed by atoms with E-state index in [0.717, 1.165) is 66.1 Å². The number of ether oxygens (including phenoxy) is 1. The highest BCUT2D eigenvalue weighted by atomic mass is 32.1. The number of benzene rings is 1.